The number of ether oxygens (including phenoxy) is 3. The molecule has 0 unspecified atom stereocenters. The number of rotatable bonds is 6. The molecule has 6 nitrogen and oxygen atoms in total. The second-order valence-corrected chi connectivity index (χ2v) is 6.04. The third kappa shape index (κ3) is 4.33. The summed E-state index contributed by atoms with van der Waals surface area (Å²) >= 11 is 0. The number of benzene rings is 2. The molecule has 1 fully saturated rings. The molecule has 2 aromatic carbocycles. The van der Waals surface area contributed by atoms with E-state index in [1.54, 1.807) is 14.2 Å². The van der Waals surface area contributed by atoms with E-state index in [-0.39, 0.29) is 11.9 Å². The summed E-state index contributed by atoms with van der Waals surface area (Å²) in [6, 6.07) is 14.6. The van der Waals surface area contributed by atoms with E-state index in [1.165, 1.54) is 0 Å². The van der Waals surface area contributed by atoms with Gasteiger partial charge in [0.2, 0.25) is 5.91 Å². The zero-order valence-corrected chi connectivity index (χ0v) is 15.1. The van der Waals surface area contributed by atoms with Gasteiger partial charge in [-0.3, -0.25) is 9.69 Å². The number of carbonyl (C=O) groups excluding carboxylic acids is 1. The number of nitrogens with one attached hydrogen (secondary N) is 1. The van der Waals surface area contributed by atoms with Crippen molar-refractivity contribution < 1.29 is 19.0 Å². The van der Waals surface area contributed by atoms with E-state index in [2.05, 4.69) is 10.2 Å². The predicted octanol–water partition coefficient (Wildman–Crippen LogP) is 2.72. The van der Waals surface area contributed by atoms with Gasteiger partial charge in [-0.2, -0.15) is 0 Å². The van der Waals surface area contributed by atoms with Crippen LogP contribution in [-0.4, -0.2) is 51.3 Å². The highest BCUT2D eigenvalue weighted by molar-refractivity contribution is 5.95. The summed E-state index contributed by atoms with van der Waals surface area (Å²) in [5, 5.41) is 3.01. The van der Waals surface area contributed by atoms with Crippen LogP contribution in [0.25, 0.3) is 0 Å². The van der Waals surface area contributed by atoms with Crippen molar-refractivity contribution >= 4 is 11.6 Å². The van der Waals surface area contributed by atoms with E-state index in [0.717, 1.165) is 22.7 Å². The first-order chi connectivity index (χ1) is 12.7. The second-order valence-electron chi connectivity index (χ2n) is 6.04. The highest BCUT2D eigenvalue weighted by Gasteiger charge is 2.29. The van der Waals surface area contributed by atoms with Crippen LogP contribution in [0, 0.1) is 0 Å². The Hall–Kier alpha value is -2.57. The summed E-state index contributed by atoms with van der Waals surface area (Å²) in [5.41, 5.74) is 1.67. The lowest BCUT2D eigenvalue weighted by Gasteiger charge is -2.33. The van der Waals surface area contributed by atoms with Crippen LogP contribution in [0.4, 0.5) is 5.69 Å². The van der Waals surface area contributed by atoms with E-state index in [0.29, 0.717) is 26.3 Å². The Morgan fingerprint density at radius 1 is 0.962 bits per heavy atom. The van der Waals surface area contributed by atoms with E-state index in [4.69, 9.17) is 14.2 Å². The van der Waals surface area contributed by atoms with Crippen molar-refractivity contribution in [1.29, 1.82) is 0 Å². The van der Waals surface area contributed by atoms with Gasteiger partial charge in [-0.15, -0.1) is 0 Å². The molecular weight excluding hydrogens is 332 g/mol. The molecule has 0 spiro atoms. The molecule has 26 heavy (non-hydrogen) atoms. The van der Waals surface area contributed by atoms with Gasteiger partial charge in [0.15, 0.2) is 0 Å². The summed E-state index contributed by atoms with van der Waals surface area (Å²) in [6.07, 6.45) is 0. The fourth-order valence-electron chi connectivity index (χ4n) is 3.03. The number of morpholine rings is 1. The minimum atomic E-state index is -0.382. The van der Waals surface area contributed by atoms with Crippen LogP contribution in [0.5, 0.6) is 11.5 Å². The van der Waals surface area contributed by atoms with Crippen molar-refractivity contribution in [2.75, 3.05) is 45.8 Å². The van der Waals surface area contributed by atoms with Crippen LogP contribution in [0.1, 0.15) is 11.6 Å². The van der Waals surface area contributed by atoms with Gasteiger partial charge >= 0.3 is 0 Å². The third-order valence-electron chi connectivity index (χ3n) is 4.45. The van der Waals surface area contributed by atoms with Crippen molar-refractivity contribution in [2.45, 2.75) is 6.04 Å². The summed E-state index contributed by atoms with van der Waals surface area (Å²) < 4.78 is 15.8. The Bertz CT molecular complexity index is 710. The van der Waals surface area contributed by atoms with Gasteiger partial charge < -0.3 is 19.5 Å². The molecular formula is C20H24N2O4. The number of hydrogen-bond donors (Lipinski definition) is 1. The zero-order valence-electron chi connectivity index (χ0n) is 15.1. The Kier molecular flexibility index (Phi) is 6.09. The van der Waals surface area contributed by atoms with Gasteiger partial charge in [0.25, 0.3) is 0 Å². The molecule has 0 radical (unpaired) electrons. The molecule has 0 aromatic heterocycles. The number of nitrogens with zero attached hydrogens (tertiary/aromatic N) is 1. The Morgan fingerprint density at radius 2 is 1.50 bits per heavy atom. The first kappa shape index (κ1) is 18.2. The minimum Gasteiger partial charge on any atom is -0.497 e. The largest absolute Gasteiger partial charge is 0.497 e. The van der Waals surface area contributed by atoms with E-state index in [1.807, 2.05) is 48.5 Å². The van der Waals surface area contributed by atoms with Crippen LogP contribution in [0.3, 0.4) is 0 Å². The third-order valence-corrected chi connectivity index (χ3v) is 4.45. The Labute approximate surface area is 153 Å². The fraction of sp³-hybridized carbons (Fsp3) is 0.350. The quantitative estimate of drug-likeness (QED) is 0.862. The van der Waals surface area contributed by atoms with Crippen LogP contribution >= 0.6 is 0 Å². The highest BCUT2D eigenvalue weighted by Crippen LogP contribution is 2.26. The van der Waals surface area contributed by atoms with Gasteiger partial charge in [-0.25, -0.2) is 0 Å². The summed E-state index contributed by atoms with van der Waals surface area (Å²) in [5.74, 6) is 1.45. The summed E-state index contributed by atoms with van der Waals surface area (Å²) in [6.45, 7) is 2.68. The average molecular weight is 356 g/mol. The lowest BCUT2D eigenvalue weighted by atomic mass is 10.0. The van der Waals surface area contributed by atoms with E-state index >= 15 is 0 Å². The molecule has 3 rings (SSSR count). The van der Waals surface area contributed by atoms with Crippen molar-refractivity contribution in [3.05, 3.63) is 54.1 Å². The first-order valence-electron chi connectivity index (χ1n) is 8.62. The maximum atomic E-state index is 13.1. The summed E-state index contributed by atoms with van der Waals surface area (Å²) in [7, 11) is 3.25. The van der Waals surface area contributed by atoms with E-state index < -0.39 is 0 Å². The number of methoxy groups -OCH3 is 2. The average Bonchev–Trinajstić information content (AvgIpc) is 2.70. The van der Waals surface area contributed by atoms with Crippen LogP contribution < -0.4 is 14.8 Å². The molecule has 1 N–H and O–H groups in total. The lowest BCUT2D eigenvalue weighted by molar-refractivity contribution is -0.123. The molecule has 1 heterocycles. The Balaban J connectivity index is 1.81. The highest BCUT2D eigenvalue weighted by atomic mass is 16.5. The van der Waals surface area contributed by atoms with Crippen molar-refractivity contribution in [2.24, 2.45) is 0 Å². The molecule has 1 aliphatic heterocycles. The van der Waals surface area contributed by atoms with Crippen LogP contribution in [-0.2, 0) is 9.53 Å². The smallest absolute Gasteiger partial charge is 0.246 e. The number of anilines is 1. The maximum Gasteiger partial charge on any atom is 0.246 e. The minimum absolute atomic E-state index is 0.0674. The maximum absolute atomic E-state index is 13.1. The first-order valence-corrected chi connectivity index (χ1v) is 8.62. The number of carbonyl (C=O) groups is 1. The SMILES string of the molecule is COc1ccc(NC(=O)[C@@H](c2ccc(OC)cc2)N2CCOCC2)cc1. The molecule has 1 amide bonds. The van der Waals surface area contributed by atoms with Gasteiger partial charge in [-0.1, -0.05) is 12.1 Å². The molecule has 1 aliphatic rings. The van der Waals surface area contributed by atoms with Gasteiger partial charge in [0.05, 0.1) is 27.4 Å². The topological polar surface area (TPSA) is 60.0 Å². The molecule has 0 saturated carbocycles. The monoisotopic (exact) mass is 356 g/mol. The predicted molar refractivity (Wildman–Crippen MR) is 99.8 cm³/mol. The molecule has 6 heteroatoms. The van der Waals surface area contributed by atoms with Crippen molar-refractivity contribution in [1.82, 2.24) is 4.90 Å². The number of hydrogen-bond acceptors (Lipinski definition) is 5. The molecule has 138 valence electrons. The Morgan fingerprint density at radius 3 is 2.04 bits per heavy atom. The molecule has 2 aromatic rings. The summed E-state index contributed by atoms with van der Waals surface area (Å²) in [4.78, 5) is 15.2. The van der Waals surface area contributed by atoms with Crippen LogP contribution in [0.15, 0.2) is 48.5 Å². The van der Waals surface area contributed by atoms with Gasteiger partial charge in [0.1, 0.15) is 17.5 Å². The molecule has 1 saturated heterocycles. The zero-order chi connectivity index (χ0) is 18.4. The standard InChI is InChI=1S/C20H24N2O4/c1-24-17-7-3-15(4-8-17)19(22-11-13-26-14-12-22)20(23)21-16-5-9-18(25-2)10-6-16/h3-10,19H,11-14H2,1-2H3,(H,21,23)/t19-/m1/s1. The van der Waals surface area contributed by atoms with E-state index in [9.17, 15) is 4.79 Å². The molecule has 0 aliphatic carbocycles. The second kappa shape index (κ2) is 8.69. The number of amides is 1. The van der Waals surface area contributed by atoms with Gasteiger partial charge in [-0.05, 0) is 42.0 Å². The normalized spacial score (nSPS) is 15.9. The fourth-order valence-corrected chi connectivity index (χ4v) is 3.03. The van der Waals surface area contributed by atoms with Crippen molar-refractivity contribution in [3.63, 3.8) is 0 Å². The molecule has 1 atom stereocenters. The molecule has 0 bridgehead atoms. The lowest BCUT2D eigenvalue weighted by Crippen LogP contribution is -2.43. The van der Waals surface area contributed by atoms with Crippen LogP contribution in [0.2, 0.25) is 0 Å². The van der Waals surface area contributed by atoms with Crippen molar-refractivity contribution in [3.8, 4) is 11.5 Å². The van der Waals surface area contributed by atoms with Gasteiger partial charge in [0, 0.05) is 18.8 Å².